The van der Waals surface area contributed by atoms with E-state index in [1.807, 2.05) is 30.5 Å². The molecule has 1 fully saturated rings. The molecule has 0 bridgehead atoms. The summed E-state index contributed by atoms with van der Waals surface area (Å²) in [4.78, 5) is 29.6. The lowest BCUT2D eigenvalue weighted by Crippen LogP contribution is -2.35. The number of hydrogen-bond acceptors (Lipinski definition) is 6. The monoisotopic (exact) mass is 386 g/mol. The smallest absolute Gasteiger partial charge is 0.261 e. The van der Waals surface area contributed by atoms with Crippen LogP contribution in [0.4, 0.5) is 0 Å². The number of aliphatic hydroxyl groups excluding tert-OH is 1. The molecule has 1 unspecified atom stereocenters. The number of hydrogen-bond donors (Lipinski definition) is 2. The van der Waals surface area contributed by atoms with Gasteiger partial charge in [0.25, 0.3) is 5.91 Å². The van der Waals surface area contributed by atoms with Gasteiger partial charge in [-0.2, -0.15) is 0 Å². The summed E-state index contributed by atoms with van der Waals surface area (Å²) >= 11 is 7.50. The maximum atomic E-state index is 12.5. The van der Waals surface area contributed by atoms with Gasteiger partial charge < -0.3 is 14.9 Å². The standard InChI is InChI=1S/C16H22N2O3S3/c1-2-17(8-9-19)14(20)6-3-7-18-15(21)13(24-16(18)22)11-12-5-4-10-23-12/h4-5,10-11,16,19,22H,2-3,6-9H2,1H3/b13-11+. The molecular formula is C16H22N2O3S3. The number of nitrogens with zero attached hydrogens (tertiary/aromatic N) is 2. The first-order valence-corrected chi connectivity index (χ1v) is 10.1. The van der Waals surface area contributed by atoms with Crippen LogP contribution >= 0.6 is 35.7 Å². The van der Waals surface area contributed by atoms with Gasteiger partial charge in [0.2, 0.25) is 5.91 Å². The predicted octanol–water partition coefficient (Wildman–Crippen LogP) is 2.50. The van der Waals surface area contributed by atoms with Gasteiger partial charge in [-0.25, -0.2) is 0 Å². The lowest BCUT2D eigenvalue weighted by Gasteiger charge is -2.22. The van der Waals surface area contributed by atoms with E-state index >= 15 is 0 Å². The molecule has 2 heterocycles. The van der Waals surface area contributed by atoms with Crippen molar-refractivity contribution in [1.29, 1.82) is 0 Å². The first-order chi connectivity index (χ1) is 11.6. The second kappa shape index (κ2) is 9.50. The Morgan fingerprint density at radius 2 is 2.33 bits per heavy atom. The Labute approximate surface area is 156 Å². The highest BCUT2D eigenvalue weighted by Gasteiger charge is 2.33. The molecule has 1 aliphatic heterocycles. The summed E-state index contributed by atoms with van der Waals surface area (Å²) in [5, 5.41) is 10.9. The zero-order valence-corrected chi connectivity index (χ0v) is 16.1. The minimum absolute atomic E-state index is 0.0101. The number of likely N-dealkylation sites (N-methyl/N-ethyl adjacent to an activating group) is 1. The summed E-state index contributed by atoms with van der Waals surface area (Å²) < 4.78 is -0.210. The van der Waals surface area contributed by atoms with Crippen LogP contribution in [-0.4, -0.2) is 57.7 Å². The molecule has 1 atom stereocenters. The zero-order chi connectivity index (χ0) is 17.5. The van der Waals surface area contributed by atoms with Crippen molar-refractivity contribution in [2.75, 3.05) is 26.2 Å². The Balaban J connectivity index is 1.87. The van der Waals surface area contributed by atoms with Crippen LogP contribution in [0.25, 0.3) is 6.08 Å². The molecule has 132 valence electrons. The van der Waals surface area contributed by atoms with Crippen LogP contribution in [0.2, 0.25) is 0 Å². The van der Waals surface area contributed by atoms with Crippen LogP contribution in [0.1, 0.15) is 24.6 Å². The van der Waals surface area contributed by atoms with Gasteiger partial charge in [0.15, 0.2) is 0 Å². The van der Waals surface area contributed by atoms with Crippen molar-refractivity contribution >= 4 is 53.6 Å². The van der Waals surface area contributed by atoms with E-state index in [1.54, 1.807) is 21.1 Å². The zero-order valence-electron chi connectivity index (χ0n) is 13.6. The number of carbonyl (C=O) groups excluding carboxylic acids is 2. The number of aliphatic hydroxyl groups is 1. The highest BCUT2D eigenvalue weighted by molar-refractivity contribution is 8.14. The largest absolute Gasteiger partial charge is 0.395 e. The average molecular weight is 387 g/mol. The van der Waals surface area contributed by atoms with Gasteiger partial charge in [0.1, 0.15) is 4.71 Å². The molecule has 2 amide bonds. The van der Waals surface area contributed by atoms with Crippen LogP contribution in [0.3, 0.4) is 0 Å². The quantitative estimate of drug-likeness (QED) is 0.532. The molecule has 0 spiro atoms. The molecule has 1 aliphatic rings. The summed E-state index contributed by atoms with van der Waals surface area (Å²) in [6.45, 7) is 3.30. The van der Waals surface area contributed by atoms with Gasteiger partial charge >= 0.3 is 0 Å². The second-order valence-corrected chi connectivity index (χ2v) is 8.21. The Kier molecular flexibility index (Phi) is 7.67. The van der Waals surface area contributed by atoms with Crippen molar-refractivity contribution in [2.45, 2.75) is 24.5 Å². The van der Waals surface area contributed by atoms with Crippen LogP contribution in [0, 0.1) is 0 Å². The van der Waals surface area contributed by atoms with Crippen LogP contribution in [0.15, 0.2) is 22.4 Å². The second-order valence-electron chi connectivity index (χ2n) is 5.27. The Morgan fingerprint density at radius 1 is 1.54 bits per heavy atom. The van der Waals surface area contributed by atoms with Crippen molar-refractivity contribution in [2.24, 2.45) is 0 Å². The SMILES string of the molecule is CCN(CCO)C(=O)CCCN1C(=O)/C(=C\c2cccs2)SC1S. The third-order valence-corrected chi connectivity index (χ3v) is 6.11. The van der Waals surface area contributed by atoms with E-state index in [0.29, 0.717) is 37.4 Å². The van der Waals surface area contributed by atoms with Crippen LogP contribution in [-0.2, 0) is 9.59 Å². The van der Waals surface area contributed by atoms with E-state index < -0.39 is 0 Å². The lowest BCUT2D eigenvalue weighted by atomic mass is 10.2. The normalized spacial score (nSPS) is 19.3. The molecule has 1 aromatic heterocycles. The Bertz CT molecular complexity index is 589. The van der Waals surface area contributed by atoms with Crippen LogP contribution < -0.4 is 0 Å². The molecule has 1 saturated heterocycles. The third-order valence-electron chi connectivity index (χ3n) is 3.68. The lowest BCUT2D eigenvalue weighted by molar-refractivity contribution is -0.132. The molecule has 0 saturated carbocycles. The number of rotatable bonds is 8. The third kappa shape index (κ3) is 5.02. The van der Waals surface area contributed by atoms with Crippen molar-refractivity contribution < 1.29 is 14.7 Å². The molecule has 5 nitrogen and oxygen atoms in total. The van der Waals surface area contributed by atoms with E-state index in [2.05, 4.69) is 12.6 Å². The van der Waals surface area contributed by atoms with Crippen LogP contribution in [0.5, 0.6) is 0 Å². The highest BCUT2D eigenvalue weighted by atomic mass is 32.2. The molecule has 8 heteroatoms. The van der Waals surface area contributed by atoms with Gasteiger partial charge in [-0.05, 0) is 30.9 Å². The fraction of sp³-hybridized carbons (Fsp3) is 0.500. The molecule has 1 aromatic rings. The maximum Gasteiger partial charge on any atom is 0.261 e. The van der Waals surface area contributed by atoms with E-state index in [0.717, 1.165) is 4.88 Å². The minimum Gasteiger partial charge on any atom is -0.395 e. The van der Waals surface area contributed by atoms with Crippen molar-refractivity contribution in [3.8, 4) is 0 Å². The summed E-state index contributed by atoms with van der Waals surface area (Å²) in [6, 6.07) is 3.93. The fourth-order valence-electron chi connectivity index (χ4n) is 2.42. The van der Waals surface area contributed by atoms with Gasteiger partial charge in [0, 0.05) is 30.9 Å². The summed E-state index contributed by atoms with van der Waals surface area (Å²) in [5.41, 5.74) is 0. The summed E-state index contributed by atoms with van der Waals surface area (Å²) in [5.74, 6) is -0.0144. The highest BCUT2D eigenvalue weighted by Crippen LogP contribution is 2.38. The number of amides is 2. The van der Waals surface area contributed by atoms with E-state index in [4.69, 9.17) is 5.11 Å². The number of thiol groups is 1. The van der Waals surface area contributed by atoms with Gasteiger partial charge in [-0.15, -0.1) is 24.0 Å². The fourth-order valence-corrected chi connectivity index (χ4v) is 4.68. The number of thiophene rings is 1. The van der Waals surface area contributed by atoms with Crippen molar-refractivity contribution in [3.05, 3.63) is 27.3 Å². The molecular weight excluding hydrogens is 364 g/mol. The Hall–Kier alpha value is -0.960. The van der Waals surface area contributed by atoms with E-state index in [9.17, 15) is 9.59 Å². The first-order valence-electron chi connectivity index (χ1n) is 7.86. The molecule has 1 N–H and O–H groups in total. The molecule has 0 radical (unpaired) electrons. The van der Waals surface area contributed by atoms with E-state index in [-0.39, 0.29) is 23.1 Å². The molecule has 0 aliphatic carbocycles. The summed E-state index contributed by atoms with van der Waals surface area (Å²) in [7, 11) is 0. The molecule has 2 rings (SSSR count). The maximum absolute atomic E-state index is 12.5. The minimum atomic E-state index is -0.210. The topological polar surface area (TPSA) is 60.9 Å². The van der Waals surface area contributed by atoms with Gasteiger partial charge in [-0.1, -0.05) is 17.8 Å². The van der Waals surface area contributed by atoms with Gasteiger partial charge in [0.05, 0.1) is 11.5 Å². The van der Waals surface area contributed by atoms with Gasteiger partial charge in [-0.3, -0.25) is 9.59 Å². The molecule has 0 aromatic carbocycles. The van der Waals surface area contributed by atoms with Crippen molar-refractivity contribution in [3.63, 3.8) is 0 Å². The van der Waals surface area contributed by atoms with E-state index in [1.165, 1.54) is 11.8 Å². The number of thioether (sulfide) groups is 1. The number of carbonyl (C=O) groups is 2. The first kappa shape index (κ1) is 19.4. The van der Waals surface area contributed by atoms with Crippen molar-refractivity contribution in [1.82, 2.24) is 9.80 Å². The average Bonchev–Trinajstić information content (AvgIpc) is 3.16. The Morgan fingerprint density at radius 3 is 2.96 bits per heavy atom. The predicted molar refractivity (Wildman–Crippen MR) is 103 cm³/mol. The summed E-state index contributed by atoms with van der Waals surface area (Å²) in [6.07, 6.45) is 2.86. The molecule has 24 heavy (non-hydrogen) atoms.